The maximum Gasteiger partial charge on any atom is 0.277 e. The Bertz CT molecular complexity index is 739. The van der Waals surface area contributed by atoms with Crippen LogP contribution in [0.4, 0.5) is 0 Å². The van der Waals surface area contributed by atoms with Gasteiger partial charge in [0.05, 0.1) is 11.3 Å². The maximum absolute atomic E-state index is 12.3. The largest absolute Gasteiger partial charge is 0.411 e. The lowest BCUT2D eigenvalue weighted by Gasteiger charge is -2.28. The van der Waals surface area contributed by atoms with E-state index in [4.69, 9.17) is 4.42 Å². The fourth-order valence-corrected chi connectivity index (χ4v) is 2.50. The van der Waals surface area contributed by atoms with E-state index in [0.29, 0.717) is 11.1 Å². The molecule has 0 saturated heterocycles. The first-order valence-corrected chi connectivity index (χ1v) is 8.52. The summed E-state index contributed by atoms with van der Waals surface area (Å²) in [6, 6.07) is 11.6. The molecular weight excluding hydrogens is 324 g/mol. The molecule has 0 radical (unpaired) electrons. The van der Waals surface area contributed by atoms with Crippen molar-refractivity contribution in [3.63, 3.8) is 0 Å². The van der Waals surface area contributed by atoms with Crippen LogP contribution in [-0.2, 0) is 4.79 Å². The standard InChI is InChI=1S/C17H20N4O2S/c1-11(2)17(4,10-18)19-14(22)12(3)24-16-21-20-15(23-16)13-8-6-5-7-9-13/h5-9,11-12H,1-4H3,(H,19,22). The third-order valence-corrected chi connectivity index (χ3v) is 4.78. The zero-order valence-electron chi connectivity index (χ0n) is 14.1. The molecule has 24 heavy (non-hydrogen) atoms. The molecule has 0 bridgehead atoms. The van der Waals surface area contributed by atoms with Crippen LogP contribution >= 0.6 is 11.8 Å². The van der Waals surface area contributed by atoms with E-state index >= 15 is 0 Å². The smallest absolute Gasteiger partial charge is 0.277 e. The summed E-state index contributed by atoms with van der Waals surface area (Å²) < 4.78 is 5.59. The van der Waals surface area contributed by atoms with Crippen LogP contribution in [0, 0.1) is 17.2 Å². The molecule has 1 heterocycles. The van der Waals surface area contributed by atoms with Gasteiger partial charge in [-0.15, -0.1) is 10.2 Å². The van der Waals surface area contributed by atoms with Gasteiger partial charge in [0.15, 0.2) is 0 Å². The molecule has 1 aromatic carbocycles. The summed E-state index contributed by atoms with van der Waals surface area (Å²) in [6.07, 6.45) is 0. The molecule has 2 aromatic rings. The molecule has 6 nitrogen and oxygen atoms in total. The van der Waals surface area contributed by atoms with Crippen molar-refractivity contribution in [3.05, 3.63) is 30.3 Å². The second-order valence-corrected chi connectivity index (χ2v) is 7.25. The van der Waals surface area contributed by atoms with E-state index in [9.17, 15) is 10.1 Å². The van der Waals surface area contributed by atoms with Crippen LogP contribution in [0.3, 0.4) is 0 Å². The van der Waals surface area contributed by atoms with E-state index in [0.717, 1.165) is 5.56 Å². The summed E-state index contributed by atoms with van der Waals surface area (Å²) in [4.78, 5) is 12.3. The number of carbonyl (C=O) groups excluding carboxylic acids is 1. The first-order valence-electron chi connectivity index (χ1n) is 7.64. The second kappa shape index (κ2) is 7.49. The number of rotatable bonds is 6. The maximum atomic E-state index is 12.3. The Hall–Kier alpha value is -2.33. The quantitative estimate of drug-likeness (QED) is 0.809. The number of benzene rings is 1. The average molecular weight is 344 g/mol. The Morgan fingerprint density at radius 3 is 2.54 bits per heavy atom. The van der Waals surface area contributed by atoms with E-state index < -0.39 is 10.8 Å². The second-order valence-electron chi connectivity index (χ2n) is 5.96. The van der Waals surface area contributed by atoms with Crippen molar-refractivity contribution in [2.24, 2.45) is 5.92 Å². The normalized spacial score (nSPS) is 14.7. The van der Waals surface area contributed by atoms with Gasteiger partial charge >= 0.3 is 0 Å². The highest BCUT2D eigenvalue weighted by Gasteiger charge is 2.32. The molecule has 1 aromatic heterocycles. The number of amides is 1. The minimum atomic E-state index is -0.907. The van der Waals surface area contributed by atoms with Crippen molar-refractivity contribution >= 4 is 17.7 Å². The van der Waals surface area contributed by atoms with Crippen LogP contribution in [0.5, 0.6) is 0 Å². The van der Waals surface area contributed by atoms with E-state index in [2.05, 4.69) is 21.6 Å². The van der Waals surface area contributed by atoms with Gasteiger partial charge in [0.1, 0.15) is 5.54 Å². The van der Waals surface area contributed by atoms with Crippen LogP contribution in [0.15, 0.2) is 40.0 Å². The molecule has 1 N–H and O–H groups in total. The highest BCUT2D eigenvalue weighted by atomic mass is 32.2. The monoisotopic (exact) mass is 344 g/mol. The van der Waals surface area contributed by atoms with Gasteiger partial charge in [-0.3, -0.25) is 4.79 Å². The number of nitrogens with zero attached hydrogens (tertiary/aromatic N) is 3. The number of nitriles is 1. The Kier molecular flexibility index (Phi) is 5.62. The van der Waals surface area contributed by atoms with Crippen molar-refractivity contribution in [1.29, 1.82) is 5.26 Å². The van der Waals surface area contributed by atoms with Gasteiger partial charge in [-0.25, -0.2) is 0 Å². The highest BCUT2D eigenvalue weighted by molar-refractivity contribution is 8.00. The molecule has 0 fully saturated rings. The lowest BCUT2D eigenvalue weighted by Crippen LogP contribution is -2.51. The van der Waals surface area contributed by atoms with E-state index in [1.807, 2.05) is 44.2 Å². The summed E-state index contributed by atoms with van der Waals surface area (Å²) in [5, 5.41) is 19.9. The van der Waals surface area contributed by atoms with Crippen LogP contribution in [0.2, 0.25) is 0 Å². The van der Waals surface area contributed by atoms with E-state index in [1.54, 1.807) is 13.8 Å². The molecule has 2 atom stereocenters. The Morgan fingerprint density at radius 1 is 1.29 bits per heavy atom. The minimum absolute atomic E-state index is 0.00302. The Balaban J connectivity index is 2.02. The molecular formula is C17H20N4O2S. The predicted molar refractivity (Wildman–Crippen MR) is 92.1 cm³/mol. The first-order chi connectivity index (χ1) is 11.4. The summed E-state index contributed by atoms with van der Waals surface area (Å²) in [6.45, 7) is 7.24. The van der Waals surface area contributed by atoms with Crippen molar-refractivity contribution in [1.82, 2.24) is 15.5 Å². The minimum Gasteiger partial charge on any atom is -0.411 e. The molecule has 0 aliphatic carbocycles. The zero-order valence-corrected chi connectivity index (χ0v) is 14.9. The number of hydrogen-bond acceptors (Lipinski definition) is 6. The van der Waals surface area contributed by atoms with Crippen LogP contribution < -0.4 is 5.32 Å². The Labute approximate surface area is 145 Å². The molecule has 2 unspecified atom stereocenters. The molecule has 0 aliphatic rings. The number of nitrogens with one attached hydrogen (secondary N) is 1. The molecule has 126 valence electrons. The lowest BCUT2D eigenvalue weighted by molar-refractivity contribution is -0.121. The van der Waals surface area contributed by atoms with Crippen LogP contribution in [-0.4, -0.2) is 26.9 Å². The van der Waals surface area contributed by atoms with Crippen LogP contribution in [0.25, 0.3) is 11.5 Å². The molecule has 0 aliphatic heterocycles. The predicted octanol–water partition coefficient (Wildman–Crippen LogP) is 3.27. The van der Waals surface area contributed by atoms with E-state index in [-0.39, 0.29) is 11.8 Å². The fraction of sp³-hybridized carbons (Fsp3) is 0.412. The molecule has 1 amide bonds. The molecule has 0 saturated carbocycles. The van der Waals surface area contributed by atoms with E-state index in [1.165, 1.54) is 11.8 Å². The van der Waals surface area contributed by atoms with Crippen molar-refractivity contribution in [3.8, 4) is 17.5 Å². The molecule has 0 spiro atoms. The summed E-state index contributed by atoms with van der Waals surface area (Å²) in [5.74, 6) is 0.170. The van der Waals surface area contributed by atoms with Gasteiger partial charge in [-0.1, -0.05) is 43.8 Å². The van der Waals surface area contributed by atoms with Crippen LogP contribution in [0.1, 0.15) is 27.7 Å². The van der Waals surface area contributed by atoms with Crippen molar-refractivity contribution < 1.29 is 9.21 Å². The van der Waals surface area contributed by atoms with Crippen molar-refractivity contribution in [2.45, 2.75) is 43.7 Å². The molecule has 7 heteroatoms. The average Bonchev–Trinajstić information content (AvgIpc) is 3.03. The SMILES string of the molecule is CC(Sc1nnc(-c2ccccc2)o1)C(=O)NC(C)(C#N)C(C)C. The zero-order chi connectivity index (χ0) is 17.7. The van der Waals surface area contributed by atoms with Gasteiger partial charge in [0.2, 0.25) is 11.8 Å². The Morgan fingerprint density at radius 2 is 1.96 bits per heavy atom. The highest BCUT2D eigenvalue weighted by Crippen LogP contribution is 2.26. The third kappa shape index (κ3) is 4.15. The summed E-state index contributed by atoms with van der Waals surface area (Å²) >= 11 is 1.17. The first kappa shape index (κ1) is 18.0. The molecule has 2 rings (SSSR count). The van der Waals surface area contributed by atoms with Gasteiger partial charge in [0.25, 0.3) is 5.22 Å². The number of hydrogen-bond donors (Lipinski definition) is 1. The van der Waals surface area contributed by atoms with Crippen molar-refractivity contribution in [2.75, 3.05) is 0 Å². The lowest BCUT2D eigenvalue weighted by atomic mass is 9.90. The summed E-state index contributed by atoms with van der Waals surface area (Å²) in [7, 11) is 0. The van der Waals surface area contributed by atoms with Gasteiger partial charge < -0.3 is 9.73 Å². The topological polar surface area (TPSA) is 91.8 Å². The number of carbonyl (C=O) groups is 1. The third-order valence-electron chi connectivity index (χ3n) is 3.84. The number of thioether (sulfide) groups is 1. The van der Waals surface area contributed by atoms with Gasteiger partial charge in [0, 0.05) is 5.56 Å². The summed E-state index contributed by atoms with van der Waals surface area (Å²) in [5.41, 5.74) is -0.0820. The number of aromatic nitrogens is 2. The fourth-order valence-electron chi connectivity index (χ4n) is 1.82. The van der Waals surface area contributed by atoms with Gasteiger partial charge in [-0.2, -0.15) is 5.26 Å². The van der Waals surface area contributed by atoms with Gasteiger partial charge in [-0.05, 0) is 31.9 Å².